The Morgan fingerprint density at radius 3 is 2.63 bits per heavy atom. The van der Waals surface area contributed by atoms with Crippen molar-refractivity contribution in [3.63, 3.8) is 0 Å². The van der Waals surface area contributed by atoms with Crippen LogP contribution >= 0.6 is 0 Å². The molecule has 27 heavy (non-hydrogen) atoms. The van der Waals surface area contributed by atoms with Crippen molar-refractivity contribution in [2.45, 2.75) is 45.7 Å². The largest absolute Gasteiger partial charge is 0.459 e. The molecule has 146 valence electrons. The number of nitrogens with zero attached hydrogens (tertiary/aromatic N) is 2. The summed E-state index contributed by atoms with van der Waals surface area (Å²) < 4.78 is 6.19. The minimum absolute atomic E-state index is 0.0532. The first-order valence-electron chi connectivity index (χ1n) is 10.1. The third-order valence-corrected chi connectivity index (χ3v) is 5.38. The molecule has 5 heteroatoms. The summed E-state index contributed by atoms with van der Waals surface area (Å²) in [6.07, 6.45) is 2.79. The molecule has 2 heterocycles. The summed E-state index contributed by atoms with van der Waals surface area (Å²) >= 11 is 0. The van der Waals surface area contributed by atoms with Crippen molar-refractivity contribution in [2.75, 3.05) is 26.2 Å². The molecule has 2 N–H and O–H groups in total. The molecule has 0 bridgehead atoms. The Hall–Kier alpha value is -2.11. The molecule has 1 atom stereocenters. The predicted octanol–water partition coefficient (Wildman–Crippen LogP) is 3.74. The van der Waals surface area contributed by atoms with Crippen LogP contribution in [0.25, 0.3) is 11.3 Å². The van der Waals surface area contributed by atoms with Crippen LogP contribution in [0.1, 0.15) is 49.2 Å². The van der Waals surface area contributed by atoms with Crippen molar-refractivity contribution in [2.24, 2.45) is 5.73 Å². The minimum atomic E-state index is 0.0532. The Bertz CT molecular complexity index is 737. The average molecular weight is 370 g/mol. The van der Waals surface area contributed by atoms with Gasteiger partial charge in [-0.2, -0.15) is 0 Å². The molecule has 0 radical (unpaired) electrons. The molecule has 1 amide bonds. The number of carbonyl (C=O) groups excluding carboxylic acids is 1. The highest BCUT2D eigenvalue weighted by atomic mass is 16.3. The first kappa shape index (κ1) is 19.6. The van der Waals surface area contributed by atoms with Gasteiger partial charge < -0.3 is 15.1 Å². The van der Waals surface area contributed by atoms with Gasteiger partial charge in [0.1, 0.15) is 11.5 Å². The molecule has 2 aromatic rings. The number of carbonyl (C=O) groups is 1. The lowest BCUT2D eigenvalue weighted by Crippen LogP contribution is -2.32. The fourth-order valence-corrected chi connectivity index (χ4v) is 3.65. The van der Waals surface area contributed by atoms with E-state index in [4.69, 9.17) is 10.2 Å². The Balaban J connectivity index is 1.91. The molecule has 5 nitrogen and oxygen atoms in total. The average Bonchev–Trinajstić information content (AvgIpc) is 3.00. The number of benzene rings is 1. The monoisotopic (exact) mass is 369 g/mol. The van der Waals surface area contributed by atoms with E-state index in [1.165, 1.54) is 0 Å². The molecule has 3 rings (SSSR count). The van der Waals surface area contributed by atoms with E-state index < -0.39 is 0 Å². The first-order valence-corrected chi connectivity index (χ1v) is 10.1. The number of amides is 1. The van der Waals surface area contributed by atoms with E-state index >= 15 is 0 Å². The van der Waals surface area contributed by atoms with Gasteiger partial charge in [-0.25, -0.2) is 0 Å². The summed E-state index contributed by atoms with van der Waals surface area (Å²) in [4.78, 5) is 17.5. The van der Waals surface area contributed by atoms with Gasteiger partial charge in [-0.15, -0.1) is 0 Å². The van der Waals surface area contributed by atoms with Crippen LogP contribution in [0.15, 0.2) is 40.8 Å². The van der Waals surface area contributed by atoms with Crippen molar-refractivity contribution in [3.05, 3.63) is 47.7 Å². The fraction of sp³-hybridized carbons (Fsp3) is 0.500. The van der Waals surface area contributed by atoms with E-state index in [1.807, 2.05) is 41.3 Å². The van der Waals surface area contributed by atoms with Gasteiger partial charge in [0.25, 0.3) is 5.91 Å². The van der Waals surface area contributed by atoms with Crippen LogP contribution in [0.2, 0.25) is 0 Å². The second kappa shape index (κ2) is 9.20. The van der Waals surface area contributed by atoms with Crippen LogP contribution in [0.3, 0.4) is 0 Å². The van der Waals surface area contributed by atoms with Gasteiger partial charge in [-0.1, -0.05) is 44.2 Å². The maximum Gasteiger partial charge on any atom is 0.257 e. The van der Waals surface area contributed by atoms with Gasteiger partial charge in [-0.05, 0) is 38.4 Å². The van der Waals surface area contributed by atoms with Gasteiger partial charge in [0.15, 0.2) is 0 Å². The molecular weight excluding hydrogens is 338 g/mol. The van der Waals surface area contributed by atoms with Gasteiger partial charge >= 0.3 is 0 Å². The maximum absolute atomic E-state index is 13.3. The number of likely N-dealkylation sites (tertiary alicyclic amines) is 1. The topological polar surface area (TPSA) is 62.7 Å². The highest BCUT2D eigenvalue weighted by Crippen LogP contribution is 2.29. The molecule has 1 aliphatic rings. The molecule has 0 saturated carbocycles. The Labute approximate surface area is 162 Å². The zero-order valence-electron chi connectivity index (χ0n) is 16.5. The van der Waals surface area contributed by atoms with E-state index in [0.29, 0.717) is 24.4 Å². The van der Waals surface area contributed by atoms with Crippen LogP contribution in [-0.2, 0) is 6.54 Å². The fourth-order valence-electron chi connectivity index (χ4n) is 3.65. The summed E-state index contributed by atoms with van der Waals surface area (Å²) in [6.45, 7) is 8.36. The van der Waals surface area contributed by atoms with Gasteiger partial charge in [0.05, 0.1) is 12.1 Å². The third-order valence-electron chi connectivity index (χ3n) is 5.38. The third kappa shape index (κ3) is 4.79. The summed E-state index contributed by atoms with van der Waals surface area (Å²) in [5, 5.41) is 0. The van der Waals surface area contributed by atoms with Crippen LogP contribution < -0.4 is 5.73 Å². The van der Waals surface area contributed by atoms with Crippen molar-refractivity contribution in [3.8, 4) is 11.3 Å². The predicted molar refractivity (Wildman–Crippen MR) is 108 cm³/mol. The van der Waals surface area contributed by atoms with Crippen molar-refractivity contribution in [1.29, 1.82) is 0 Å². The van der Waals surface area contributed by atoms with Crippen LogP contribution in [-0.4, -0.2) is 47.9 Å². The molecule has 1 saturated heterocycles. The van der Waals surface area contributed by atoms with E-state index in [9.17, 15) is 4.79 Å². The van der Waals surface area contributed by atoms with Crippen molar-refractivity contribution >= 4 is 5.91 Å². The summed E-state index contributed by atoms with van der Waals surface area (Å²) in [6, 6.07) is 12.0. The van der Waals surface area contributed by atoms with Crippen LogP contribution in [0.5, 0.6) is 0 Å². The summed E-state index contributed by atoms with van der Waals surface area (Å²) in [5.41, 5.74) is 7.69. The van der Waals surface area contributed by atoms with E-state index in [2.05, 4.69) is 18.7 Å². The Morgan fingerprint density at radius 2 is 1.93 bits per heavy atom. The highest BCUT2D eigenvalue weighted by molar-refractivity contribution is 5.99. The lowest BCUT2D eigenvalue weighted by atomic mass is 10.1. The van der Waals surface area contributed by atoms with Gasteiger partial charge in [0, 0.05) is 24.7 Å². The molecule has 1 unspecified atom stereocenters. The minimum Gasteiger partial charge on any atom is -0.459 e. The zero-order chi connectivity index (χ0) is 19.2. The smallest absolute Gasteiger partial charge is 0.257 e. The molecule has 1 aromatic carbocycles. The molecule has 0 spiro atoms. The second-order valence-electron chi connectivity index (χ2n) is 7.27. The zero-order valence-corrected chi connectivity index (χ0v) is 16.5. The number of hydrogen-bond donors (Lipinski definition) is 1. The molecule has 1 fully saturated rings. The van der Waals surface area contributed by atoms with Crippen LogP contribution in [0, 0.1) is 0 Å². The maximum atomic E-state index is 13.3. The lowest BCUT2D eigenvalue weighted by molar-refractivity contribution is 0.0761. The summed E-state index contributed by atoms with van der Waals surface area (Å²) in [5.74, 6) is 1.57. The quantitative estimate of drug-likeness (QED) is 0.842. The van der Waals surface area contributed by atoms with E-state index in [-0.39, 0.29) is 11.9 Å². The normalized spacial score (nSPS) is 17.9. The first-order chi connectivity index (χ1) is 13.1. The van der Waals surface area contributed by atoms with Crippen molar-refractivity contribution in [1.82, 2.24) is 9.80 Å². The lowest BCUT2D eigenvalue weighted by Gasteiger charge is -2.20. The highest BCUT2D eigenvalue weighted by Gasteiger charge is 2.26. The Kier molecular flexibility index (Phi) is 6.69. The standard InChI is InChI=1S/C22H31N3O2/c1-3-24(4-2)16-19-15-20(21(27-19)17-9-6-5-7-10-17)22(26)25-13-8-11-18(23)12-14-25/h5-7,9-10,15,18H,3-4,8,11-14,16,23H2,1-2H3. The van der Waals surface area contributed by atoms with E-state index in [0.717, 1.165) is 50.2 Å². The number of nitrogens with two attached hydrogens (primary N) is 1. The summed E-state index contributed by atoms with van der Waals surface area (Å²) in [7, 11) is 0. The van der Waals surface area contributed by atoms with Crippen molar-refractivity contribution < 1.29 is 9.21 Å². The number of hydrogen-bond acceptors (Lipinski definition) is 4. The van der Waals surface area contributed by atoms with E-state index in [1.54, 1.807) is 0 Å². The molecular formula is C22H31N3O2. The number of furan rings is 1. The Morgan fingerprint density at radius 1 is 1.19 bits per heavy atom. The molecule has 1 aromatic heterocycles. The van der Waals surface area contributed by atoms with Gasteiger partial charge in [-0.3, -0.25) is 9.69 Å². The molecule has 1 aliphatic heterocycles. The molecule has 0 aliphatic carbocycles. The number of rotatable bonds is 6. The van der Waals surface area contributed by atoms with Gasteiger partial charge in [0.2, 0.25) is 0 Å². The SMILES string of the molecule is CCN(CC)Cc1cc(C(=O)N2CCCC(N)CC2)c(-c2ccccc2)o1. The van der Waals surface area contributed by atoms with Crippen LogP contribution in [0.4, 0.5) is 0 Å². The second-order valence-corrected chi connectivity index (χ2v) is 7.27.